The number of rotatable bonds is 5. The number of nitrogens with zero attached hydrogens (tertiary/aromatic N) is 2. The maximum absolute atomic E-state index is 12.5. The van der Waals surface area contributed by atoms with Crippen molar-refractivity contribution in [3.63, 3.8) is 0 Å². The highest BCUT2D eigenvalue weighted by Crippen LogP contribution is 2.34. The summed E-state index contributed by atoms with van der Waals surface area (Å²) in [5.41, 5.74) is 1.61. The highest BCUT2D eigenvalue weighted by molar-refractivity contribution is 7.99. The van der Waals surface area contributed by atoms with Crippen LogP contribution in [-0.2, 0) is 9.59 Å². The molecule has 2 amide bonds. The Balaban J connectivity index is 1.86. The van der Waals surface area contributed by atoms with E-state index in [4.69, 9.17) is 33.5 Å². The number of pyridine rings is 1. The van der Waals surface area contributed by atoms with E-state index in [0.29, 0.717) is 22.2 Å². The van der Waals surface area contributed by atoms with Crippen LogP contribution >= 0.6 is 35.6 Å². The van der Waals surface area contributed by atoms with Gasteiger partial charge < -0.3 is 4.74 Å². The zero-order valence-corrected chi connectivity index (χ0v) is 19.6. The molecule has 1 aliphatic rings. The molecule has 4 rings (SSSR count). The molecule has 0 radical (unpaired) electrons. The Morgan fingerprint density at radius 3 is 2.69 bits per heavy atom. The van der Waals surface area contributed by atoms with Crippen LogP contribution in [0.1, 0.15) is 19.4 Å². The number of aromatic nitrogens is 1. The van der Waals surface area contributed by atoms with Gasteiger partial charge in [0.25, 0.3) is 5.91 Å². The highest BCUT2D eigenvalue weighted by atomic mass is 35.5. The fourth-order valence-electron chi connectivity index (χ4n) is 3.23. The largest absolute Gasteiger partial charge is 0.494 e. The number of carbonyl (C=O) groups excluding carboxylic acids is 2. The molecule has 3 aromatic rings. The lowest BCUT2D eigenvalue weighted by atomic mass is 10.1. The minimum absolute atomic E-state index is 0.0630. The lowest BCUT2D eigenvalue weighted by Crippen LogP contribution is -2.31. The first-order valence-corrected chi connectivity index (χ1v) is 11.3. The smallest absolute Gasteiger partial charge is 0.274 e. The van der Waals surface area contributed by atoms with Crippen molar-refractivity contribution >= 4 is 69.5 Å². The van der Waals surface area contributed by atoms with E-state index in [-0.39, 0.29) is 16.7 Å². The van der Waals surface area contributed by atoms with E-state index in [0.717, 1.165) is 21.5 Å². The molecule has 2 heterocycles. The van der Waals surface area contributed by atoms with Gasteiger partial charge in [0, 0.05) is 27.8 Å². The molecular weight excluding hydrogens is 466 g/mol. The molecule has 1 saturated heterocycles. The molecule has 0 unspecified atom stereocenters. The van der Waals surface area contributed by atoms with Gasteiger partial charge in [0.2, 0.25) is 5.91 Å². The lowest BCUT2D eigenvalue weighted by molar-refractivity contribution is -0.125. The number of thiocarbonyl (C=S) groups is 1. The Kier molecular flexibility index (Phi) is 6.45. The maximum atomic E-state index is 12.5. The van der Waals surface area contributed by atoms with Crippen LogP contribution < -0.4 is 10.1 Å². The van der Waals surface area contributed by atoms with Gasteiger partial charge in [-0.3, -0.25) is 19.8 Å². The standard InChI is InChI=1S/C23H18ClN3O3S2/c1-3-30-17-6-9-19-14(11-17)10-15(12-20-21(29)26-23(31)27(20)13(2)28)22(25-19)32-18-7-4-16(24)5-8-18/h4-12H,3H2,1-2H3,(H,26,29,31)/b20-12-. The first kappa shape index (κ1) is 22.3. The van der Waals surface area contributed by atoms with Crippen molar-refractivity contribution in [2.75, 3.05) is 6.61 Å². The normalized spacial score (nSPS) is 14.8. The molecule has 2 aromatic carbocycles. The van der Waals surface area contributed by atoms with Crippen molar-refractivity contribution in [3.05, 3.63) is 64.8 Å². The molecule has 6 nitrogen and oxygen atoms in total. The molecule has 1 N–H and O–H groups in total. The topological polar surface area (TPSA) is 71.5 Å². The van der Waals surface area contributed by atoms with Gasteiger partial charge >= 0.3 is 0 Å². The zero-order valence-electron chi connectivity index (χ0n) is 17.2. The summed E-state index contributed by atoms with van der Waals surface area (Å²) < 4.78 is 5.61. The molecule has 9 heteroatoms. The van der Waals surface area contributed by atoms with Crippen molar-refractivity contribution in [3.8, 4) is 5.75 Å². The average Bonchev–Trinajstić information content (AvgIpc) is 3.03. The van der Waals surface area contributed by atoms with Crippen LogP contribution in [0.25, 0.3) is 17.0 Å². The van der Waals surface area contributed by atoms with Crippen molar-refractivity contribution in [1.29, 1.82) is 0 Å². The number of halogens is 1. The van der Waals surface area contributed by atoms with Gasteiger partial charge in [0.05, 0.1) is 12.1 Å². The van der Waals surface area contributed by atoms with E-state index in [1.165, 1.54) is 23.6 Å². The van der Waals surface area contributed by atoms with Crippen molar-refractivity contribution in [2.45, 2.75) is 23.8 Å². The molecular formula is C23H18ClN3O3S2. The fourth-order valence-corrected chi connectivity index (χ4v) is 4.55. The van der Waals surface area contributed by atoms with Gasteiger partial charge in [-0.1, -0.05) is 23.4 Å². The quantitative estimate of drug-likeness (QED) is 0.405. The Labute approximate surface area is 199 Å². The van der Waals surface area contributed by atoms with E-state index in [9.17, 15) is 9.59 Å². The Morgan fingerprint density at radius 1 is 1.25 bits per heavy atom. The minimum Gasteiger partial charge on any atom is -0.494 e. The predicted octanol–water partition coefficient (Wildman–Crippen LogP) is 5.04. The third kappa shape index (κ3) is 4.62. The summed E-state index contributed by atoms with van der Waals surface area (Å²) in [6.45, 7) is 3.82. The lowest BCUT2D eigenvalue weighted by Gasteiger charge is -2.14. The van der Waals surface area contributed by atoms with Gasteiger partial charge in [-0.25, -0.2) is 4.98 Å². The van der Waals surface area contributed by atoms with Gasteiger partial charge in [-0.05, 0) is 73.7 Å². The highest BCUT2D eigenvalue weighted by Gasteiger charge is 2.33. The van der Waals surface area contributed by atoms with E-state index in [2.05, 4.69) is 5.32 Å². The van der Waals surface area contributed by atoms with Crippen molar-refractivity contribution in [2.24, 2.45) is 0 Å². The summed E-state index contributed by atoms with van der Waals surface area (Å²) >= 11 is 12.6. The molecule has 1 fully saturated rings. The third-order valence-electron chi connectivity index (χ3n) is 4.62. The van der Waals surface area contributed by atoms with Gasteiger partial charge in [-0.15, -0.1) is 0 Å². The molecule has 0 spiro atoms. The molecule has 1 aromatic heterocycles. The number of nitrogens with one attached hydrogen (secondary N) is 1. The first-order valence-electron chi connectivity index (χ1n) is 9.74. The van der Waals surface area contributed by atoms with Crippen molar-refractivity contribution < 1.29 is 14.3 Å². The maximum Gasteiger partial charge on any atom is 0.274 e. The molecule has 0 saturated carbocycles. The average molecular weight is 484 g/mol. The molecule has 0 bridgehead atoms. The molecule has 0 atom stereocenters. The van der Waals surface area contributed by atoms with Crippen LogP contribution in [0.3, 0.4) is 0 Å². The SMILES string of the molecule is CCOc1ccc2nc(Sc3ccc(Cl)cc3)c(/C=C3/C(=O)NC(=S)N3C(C)=O)cc2c1. The molecule has 0 aliphatic carbocycles. The number of fused-ring (bicyclic) bond motifs is 1. The van der Waals surface area contributed by atoms with Gasteiger partial charge in [0.15, 0.2) is 5.11 Å². The second kappa shape index (κ2) is 9.28. The molecule has 1 aliphatic heterocycles. The van der Waals surface area contributed by atoms with E-state index < -0.39 is 5.91 Å². The Bertz CT molecular complexity index is 1280. The van der Waals surface area contributed by atoms with Crippen LogP contribution in [-0.4, -0.2) is 33.4 Å². The van der Waals surface area contributed by atoms with E-state index >= 15 is 0 Å². The Hall–Kier alpha value is -2.94. The van der Waals surface area contributed by atoms with Crippen LogP contribution in [0, 0.1) is 0 Å². The summed E-state index contributed by atoms with van der Waals surface area (Å²) in [5, 5.41) is 4.74. The number of hydrogen-bond acceptors (Lipinski definition) is 6. The molecule has 32 heavy (non-hydrogen) atoms. The second-order valence-corrected chi connectivity index (χ2v) is 8.75. The van der Waals surface area contributed by atoms with Gasteiger partial charge in [0.1, 0.15) is 16.5 Å². The number of carbonyl (C=O) groups is 2. The summed E-state index contributed by atoms with van der Waals surface area (Å²) in [6, 6.07) is 15.0. The van der Waals surface area contributed by atoms with Crippen molar-refractivity contribution in [1.82, 2.24) is 15.2 Å². The van der Waals surface area contributed by atoms with Gasteiger partial charge in [-0.2, -0.15) is 0 Å². The first-order chi connectivity index (χ1) is 15.4. The molecule has 162 valence electrons. The number of ether oxygens (including phenoxy) is 1. The monoisotopic (exact) mass is 483 g/mol. The minimum atomic E-state index is -0.434. The summed E-state index contributed by atoms with van der Waals surface area (Å²) in [5.74, 6) is -0.0571. The second-order valence-electron chi connectivity index (χ2n) is 6.87. The third-order valence-corrected chi connectivity index (χ3v) is 6.19. The fraction of sp³-hybridized carbons (Fsp3) is 0.130. The zero-order chi connectivity index (χ0) is 22.8. The van der Waals surface area contributed by atoms with Crippen LogP contribution in [0.5, 0.6) is 5.75 Å². The van der Waals surface area contributed by atoms with E-state index in [1.54, 1.807) is 18.2 Å². The van der Waals surface area contributed by atoms with Crippen LogP contribution in [0.2, 0.25) is 5.02 Å². The number of amides is 2. The van der Waals surface area contributed by atoms with Crippen LogP contribution in [0.4, 0.5) is 0 Å². The summed E-state index contributed by atoms with van der Waals surface area (Å²) in [6.07, 6.45) is 1.63. The number of benzene rings is 2. The summed E-state index contributed by atoms with van der Waals surface area (Å²) in [7, 11) is 0. The Morgan fingerprint density at radius 2 is 2.00 bits per heavy atom. The van der Waals surface area contributed by atoms with Crippen LogP contribution in [0.15, 0.2) is 64.1 Å². The van der Waals surface area contributed by atoms with E-state index in [1.807, 2.05) is 43.3 Å². The summed E-state index contributed by atoms with van der Waals surface area (Å²) in [4.78, 5) is 31.5. The predicted molar refractivity (Wildman–Crippen MR) is 130 cm³/mol. The number of hydrogen-bond donors (Lipinski definition) is 1.